The highest BCUT2D eigenvalue weighted by Crippen LogP contribution is 2.19. The fraction of sp³-hybridized carbons (Fsp3) is 0.562. The first-order valence-corrected chi connectivity index (χ1v) is 7.55. The third-order valence-electron chi connectivity index (χ3n) is 3.74. The van der Waals surface area contributed by atoms with Crippen LogP contribution in [0.25, 0.3) is 11.6 Å². The molecule has 0 fully saturated rings. The zero-order valence-electron chi connectivity index (χ0n) is 13.6. The number of imidazole rings is 1. The smallest absolute Gasteiger partial charge is 0.196 e. The van der Waals surface area contributed by atoms with E-state index in [1.807, 2.05) is 17.8 Å². The molecule has 1 N–H and O–H groups in total. The minimum Gasteiger partial charge on any atom is -0.331 e. The summed E-state index contributed by atoms with van der Waals surface area (Å²) in [4.78, 5) is 13.6. The Morgan fingerprint density at radius 1 is 1.24 bits per heavy atom. The number of hydrogen-bond acceptors (Lipinski definition) is 4. The van der Waals surface area contributed by atoms with Crippen molar-refractivity contribution in [2.75, 3.05) is 13.1 Å². The van der Waals surface area contributed by atoms with Crippen molar-refractivity contribution in [3.8, 4) is 11.6 Å². The lowest BCUT2D eigenvalue weighted by molar-refractivity contribution is 0.517. The number of aromatic nitrogens is 4. The molecule has 0 aliphatic heterocycles. The fourth-order valence-electron chi connectivity index (χ4n) is 2.53. The summed E-state index contributed by atoms with van der Waals surface area (Å²) in [7, 11) is 1.96. The van der Waals surface area contributed by atoms with Gasteiger partial charge in [0.05, 0.1) is 0 Å². The van der Waals surface area contributed by atoms with Crippen LogP contribution in [-0.2, 0) is 13.5 Å². The maximum Gasteiger partial charge on any atom is 0.196 e. The molecular formula is C16H25N5. The molecule has 2 heterocycles. The van der Waals surface area contributed by atoms with Crippen LogP contribution in [0.2, 0.25) is 0 Å². The van der Waals surface area contributed by atoms with Crippen molar-refractivity contribution in [3.05, 3.63) is 29.3 Å². The Balaban J connectivity index is 2.24. The minimum atomic E-state index is 0.574. The highest BCUT2D eigenvalue weighted by molar-refractivity contribution is 5.46. The molecule has 5 nitrogen and oxygen atoms in total. The van der Waals surface area contributed by atoms with Crippen LogP contribution in [0.5, 0.6) is 0 Å². The van der Waals surface area contributed by atoms with E-state index in [1.165, 1.54) is 5.56 Å². The maximum atomic E-state index is 4.66. The molecule has 0 bridgehead atoms. The van der Waals surface area contributed by atoms with Gasteiger partial charge in [-0.05, 0) is 44.8 Å². The summed E-state index contributed by atoms with van der Waals surface area (Å²) in [5.74, 6) is 2.10. The second kappa shape index (κ2) is 6.80. The summed E-state index contributed by atoms with van der Waals surface area (Å²) < 4.78 is 1.95. The predicted molar refractivity (Wildman–Crippen MR) is 85.1 cm³/mol. The van der Waals surface area contributed by atoms with Crippen LogP contribution < -0.4 is 5.32 Å². The monoisotopic (exact) mass is 287 g/mol. The van der Waals surface area contributed by atoms with Crippen LogP contribution in [-0.4, -0.2) is 32.6 Å². The average Bonchev–Trinajstić information content (AvgIpc) is 2.86. The zero-order chi connectivity index (χ0) is 15.4. The van der Waals surface area contributed by atoms with Gasteiger partial charge in [0.2, 0.25) is 0 Å². The van der Waals surface area contributed by atoms with E-state index in [0.29, 0.717) is 11.7 Å². The second-order valence-corrected chi connectivity index (χ2v) is 5.68. The highest BCUT2D eigenvalue weighted by Gasteiger charge is 2.14. The summed E-state index contributed by atoms with van der Waals surface area (Å²) >= 11 is 0. The lowest BCUT2D eigenvalue weighted by Gasteiger charge is -2.15. The normalized spacial score (nSPS) is 12.6. The van der Waals surface area contributed by atoms with E-state index in [9.17, 15) is 0 Å². The van der Waals surface area contributed by atoms with Gasteiger partial charge in [-0.3, -0.25) is 0 Å². The van der Waals surface area contributed by atoms with E-state index < -0.39 is 0 Å². The molecular weight excluding hydrogens is 262 g/mol. The molecule has 0 saturated carbocycles. The molecule has 0 aliphatic rings. The largest absolute Gasteiger partial charge is 0.331 e. The number of nitrogens with one attached hydrogen (secondary N) is 1. The molecule has 114 valence electrons. The molecule has 0 aromatic carbocycles. The SMILES string of the molecule is CCNCC(C)Cc1c(C)nc(-c2nccn2C)nc1C. The number of nitrogens with zero attached hydrogens (tertiary/aromatic N) is 4. The highest BCUT2D eigenvalue weighted by atomic mass is 15.1. The van der Waals surface area contributed by atoms with E-state index in [2.05, 4.69) is 48.0 Å². The molecule has 0 spiro atoms. The van der Waals surface area contributed by atoms with Crippen molar-refractivity contribution in [1.29, 1.82) is 0 Å². The number of rotatable bonds is 6. The zero-order valence-corrected chi connectivity index (χ0v) is 13.6. The van der Waals surface area contributed by atoms with Crippen molar-refractivity contribution in [2.24, 2.45) is 13.0 Å². The van der Waals surface area contributed by atoms with Crippen molar-refractivity contribution < 1.29 is 0 Å². The Morgan fingerprint density at radius 3 is 2.43 bits per heavy atom. The second-order valence-electron chi connectivity index (χ2n) is 5.68. The molecule has 1 unspecified atom stereocenters. The Bertz CT molecular complexity index is 579. The average molecular weight is 287 g/mol. The minimum absolute atomic E-state index is 0.574. The van der Waals surface area contributed by atoms with Crippen molar-refractivity contribution >= 4 is 0 Å². The van der Waals surface area contributed by atoms with Gasteiger partial charge >= 0.3 is 0 Å². The topological polar surface area (TPSA) is 55.6 Å². The first-order chi connectivity index (χ1) is 10.0. The summed E-state index contributed by atoms with van der Waals surface area (Å²) in [5, 5.41) is 3.39. The van der Waals surface area contributed by atoms with Crippen LogP contribution in [0.1, 0.15) is 30.8 Å². The molecule has 0 amide bonds. The Kier molecular flexibility index (Phi) is 5.07. The van der Waals surface area contributed by atoms with Gasteiger partial charge in [0.25, 0.3) is 0 Å². The Labute approximate surface area is 126 Å². The molecule has 0 saturated heterocycles. The predicted octanol–water partition coefficient (Wildman–Crippen LogP) is 2.28. The summed E-state index contributed by atoms with van der Waals surface area (Å²) in [6, 6.07) is 0. The van der Waals surface area contributed by atoms with Gasteiger partial charge in [0.1, 0.15) is 0 Å². The van der Waals surface area contributed by atoms with Gasteiger partial charge in [-0.25, -0.2) is 15.0 Å². The summed E-state index contributed by atoms with van der Waals surface area (Å²) in [5.41, 5.74) is 3.38. The Hall–Kier alpha value is -1.75. The quantitative estimate of drug-likeness (QED) is 0.885. The van der Waals surface area contributed by atoms with Gasteiger partial charge in [-0.15, -0.1) is 0 Å². The van der Waals surface area contributed by atoms with Gasteiger partial charge in [-0.1, -0.05) is 13.8 Å². The van der Waals surface area contributed by atoms with E-state index in [4.69, 9.17) is 0 Å². The number of aryl methyl sites for hydroxylation is 3. The molecule has 2 aromatic rings. The van der Waals surface area contributed by atoms with Crippen molar-refractivity contribution in [3.63, 3.8) is 0 Å². The first-order valence-electron chi connectivity index (χ1n) is 7.55. The number of hydrogen-bond donors (Lipinski definition) is 1. The standard InChI is InChI=1S/C16H25N5/c1-6-17-10-11(2)9-14-12(3)19-15(20-13(14)4)16-18-7-8-21(16)5/h7-8,11,17H,6,9-10H2,1-5H3. The van der Waals surface area contributed by atoms with Gasteiger partial charge < -0.3 is 9.88 Å². The van der Waals surface area contributed by atoms with Gasteiger partial charge in [0.15, 0.2) is 11.6 Å². The third-order valence-corrected chi connectivity index (χ3v) is 3.74. The summed E-state index contributed by atoms with van der Waals surface area (Å²) in [6.45, 7) is 10.6. The lowest BCUT2D eigenvalue weighted by atomic mass is 9.98. The molecule has 21 heavy (non-hydrogen) atoms. The van der Waals surface area contributed by atoms with Crippen LogP contribution in [0.15, 0.2) is 12.4 Å². The molecule has 0 aliphatic carbocycles. The van der Waals surface area contributed by atoms with E-state index in [1.54, 1.807) is 6.20 Å². The Morgan fingerprint density at radius 2 is 1.90 bits per heavy atom. The van der Waals surface area contributed by atoms with E-state index in [0.717, 1.165) is 36.7 Å². The van der Waals surface area contributed by atoms with Crippen LogP contribution in [0, 0.1) is 19.8 Å². The van der Waals surface area contributed by atoms with Crippen molar-refractivity contribution in [1.82, 2.24) is 24.8 Å². The summed E-state index contributed by atoms with van der Waals surface area (Å²) in [6.07, 6.45) is 4.69. The molecule has 2 rings (SSSR count). The van der Waals surface area contributed by atoms with Crippen LogP contribution in [0.3, 0.4) is 0 Å². The van der Waals surface area contributed by atoms with Gasteiger partial charge in [0, 0.05) is 30.8 Å². The van der Waals surface area contributed by atoms with Crippen LogP contribution in [0.4, 0.5) is 0 Å². The van der Waals surface area contributed by atoms with Crippen molar-refractivity contribution in [2.45, 2.75) is 34.1 Å². The molecule has 2 aromatic heterocycles. The van der Waals surface area contributed by atoms with Gasteiger partial charge in [-0.2, -0.15) is 0 Å². The lowest BCUT2D eigenvalue weighted by Crippen LogP contribution is -2.22. The van der Waals surface area contributed by atoms with E-state index >= 15 is 0 Å². The molecule has 1 atom stereocenters. The fourth-order valence-corrected chi connectivity index (χ4v) is 2.53. The molecule has 5 heteroatoms. The van der Waals surface area contributed by atoms with E-state index in [-0.39, 0.29) is 0 Å². The first kappa shape index (κ1) is 15.6. The molecule has 0 radical (unpaired) electrons. The van der Waals surface area contributed by atoms with Crippen LogP contribution >= 0.6 is 0 Å². The third kappa shape index (κ3) is 3.67. The maximum absolute atomic E-state index is 4.66.